The van der Waals surface area contributed by atoms with Crippen LogP contribution in [0.4, 0.5) is 4.39 Å². The first-order valence-electron chi connectivity index (χ1n) is 7.40. The predicted molar refractivity (Wildman–Crippen MR) is 92.3 cm³/mol. The first-order chi connectivity index (χ1) is 11.2. The van der Waals surface area contributed by atoms with Crippen LogP contribution in [0.2, 0.25) is 0 Å². The van der Waals surface area contributed by atoms with E-state index in [9.17, 15) is 9.18 Å². The Morgan fingerprint density at radius 3 is 2.61 bits per heavy atom. The van der Waals surface area contributed by atoms with Gasteiger partial charge in [0.25, 0.3) is 0 Å². The number of hydrogen-bond donors (Lipinski definition) is 1. The van der Waals surface area contributed by atoms with Gasteiger partial charge in [0.2, 0.25) is 5.91 Å². The monoisotopic (exact) mass is 333 g/mol. The minimum absolute atomic E-state index is 0.0124. The highest BCUT2D eigenvalue weighted by Gasteiger charge is 2.04. The zero-order valence-electron chi connectivity index (χ0n) is 13.0. The number of carbonyl (C=O) groups is 1. The van der Waals surface area contributed by atoms with Crippen molar-refractivity contribution in [2.75, 3.05) is 19.4 Å². The fraction of sp³-hybridized carbons (Fsp3) is 0.278. The molecule has 2 aromatic rings. The van der Waals surface area contributed by atoms with Gasteiger partial charge in [0, 0.05) is 18.1 Å². The van der Waals surface area contributed by atoms with Crippen molar-refractivity contribution in [1.82, 2.24) is 5.32 Å². The Kier molecular flexibility index (Phi) is 6.94. The number of hydrogen-bond acceptors (Lipinski definition) is 3. The van der Waals surface area contributed by atoms with Crippen LogP contribution in [0.5, 0.6) is 5.75 Å². The van der Waals surface area contributed by atoms with Crippen molar-refractivity contribution in [1.29, 1.82) is 0 Å². The third kappa shape index (κ3) is 5.94. The van der Waals surface area contributed by atoms with Gasteiger partial charge in [-0.05, 0) is 29.3 Å². The Hall–Kier alpha value is -2.01. The van der Waals surface area contributed by atoms with Crippen LogP contribution in [0.3, 0.4) is 0 Å². The molecule has 0 spiro atoms. The fourth-order valence-electron chi connectivity index (χ4n) is 2.05. The average Bonchev–Trinajstić information content (AvgIpc) is 2.57. The van der Waals surface area contributed by atoms with Gasteiger partial charge < -0.3 is 10.1 Å². The van der Waals surface area contributed by atoms with E-state index in [1.54, 1.807) is 31.0 Å². The minimum atomic E-state index is -0.177. The molecule has 0 aliphatic heterocycles. The Morgan fingerprint density at radius 2 is 1.91 bits per heavy atom. The maximum absolute atomic E-state index is 13.4. The van der Waals surface area contributed by atoms with Gasteiger partial charge in [0.05, 0.1) is 13.5 Å². The van der Waals surface area contributed by atoms with E-state index >= 15 is 0 Å². The van der Waals surface area contributed by atoms with Gasteiger partial charge in [-0.2, -0.15) is 11.8 Å². The maximum atomic E-state index is 13.4. The highest BCUT2D eigenvalue weighted by Crippen LogP contribution is 2.15. The first kappa shape index (κ1) is 17.3. The van der Waals surface area contributed by atoms with Crippen LogP contribution in [0, 0.1) is 5.82 Å². The van der Waals surface area contributed by atoms with E-state index in [-0.39, 0.29) is 11.7 Å². The molecule has 0 aliphatic rings. The summed E-state index contributed by atoms with van der Waals surface area (Å²) in [5, 5.41) is 2.88. The number of carbonyl (C=O) groups excluding carboxylic acids is 1. The lowest BCUT2D eigenvalue weighted by molar-refractivity contribution is -0.120. The number of amides is 1. The molecule has 0 atom stereocenters. The van der Waals surface area contributed by atoms with Crippen LogP contribution in [0.1, 0.15) is 11.1 Å². The van der Waals surface area contributed by atoms with Gasteiger partial charge >= 0.3 is 0 Å². The third-order valence-electron chi connectivity index (χ3n) is 3.31. The molecule has 0 aromatic heterocycles. The van der Waals surface area contributed by atoms with Crippen LogP contribution in [0.15, 0.2) is 48.5 Å². The van der Waals surface area contributed by atoms with Crippen LogP contribution < -0.4 is 10.1 Å². The number of methoxy groups -OCH3 is 1. The van der Waals surface area contributed by atoms with E-state index in [2.05, 4.69) is 5.32 Å². The highest BCUT2D eigenvalue weighted by molar-refractivity contribution is 7.98. The second kappa shape index (κ2) is 9.20. The Balaban J connectivity index is 1.64. The quantitative estimate of drug-likeness (QED) is 0.752. The molecular weight excluding hydrogens is 313 g/mol. The van der Waals surface area contributed by atoms with Crippen molar-refractivity contribution in [2.24, 2.45) is 0 Å². The van der Waals surface area contributed by atoms with Gasteiger partial charge in [-0.1, -0.05) is 30.3 Å². The third-order valence-corrected chi connectivity index (χ3v) is 4.32. The van der Waals surface area contributed by atoms with Gasteiger partial charge in [-0.3, -0.25) is 4.79 Å². The van der Waals surface area contributed by atoms with Crippen molar-refractivity contribution in [3.8, 4) is 5.75 Å². The molecule has 0 bridgehead atoms. The molecule has 0 saturated heterocycles. The number of thioether (sulfide) groups is 1. The van der Waals surface area contributed by atoms with Crippen molar-refractivity contribution in [3.05, 3.63) is 65.5 Å². The van der Waals surface area contributed by atoms with Crippen LogP contribution in [-0.2, 0) is 17.0 Å². The van der Waals surface area contributed by atoms with Gasteiger partial charge in [0.15, 0.2) is 0 Å². The average molecular weight is 333 g/mol. The topological polar surface area (TPSA) is 38.3 Å². The van der Waals surface area contributed by atoms with E-state index in [0.29, 0.717) is 24.3 Å². The molecule has 0 heterocycles. The lowest BCUT2D eigenvalue weighted by Gasteiger charge is -2.07. The zero-order chi connectivity index (χ0) is 16.5. The molecule has 2 aromatic carbocycles. The molecule has 0 saturated carbocycles. The Morgan fingerprint density at radius 1 is 1.17 bits per heavy atom. The standard InChI is InChI=1S/C18H20FNO2S/c1-22-16-8-6-14(7-9-16)12-18(21)20-10-11-23-13-15-4-2-3-5-17(15)19/h2-9H,10-13H2,1H3,(H,20,21). The number of ether oxygens (including phenoxy) is 1. The predicted octanol–water partition coefficient (Wildman–Crippen LogP) is 3.43. The zero-order valence-corrected chi connectivity index (χ0v) is 13.9. The highest BCUT2D eigenvalue weighted by atomic mass is 32.2. The van der Waals surface area contributed by atoms with E-state index < -0.39 is 0 Å². The van der Waals surface area contributed by atoms with E-state index in [1.807, 2.05) is 30.3 Å². The molecule has 0 unspecified atom stereocenters. The Labute approximate surface area is 140 Å². The summed E-state index contributed by atoms with van der Waals surface area (Å²) in [6.07, 6.45) is 0.349. The van der Waals surface area contributed by atoms with Gasteiger partial charge in [0.1, 0.15) is 11.6 Å². The van der Waals surface area contributed by atoms with Crippen LogP contribution in [-0.4, -0.2) is 25.3 Å². The van der Waals surface area contributed by atoms with Gasteiger partial charge in [-0.15, -0.1) is 0 Å². The summed E-state index contributed by atoms with van der Waals surface area (Å²) in [6.45, 7) is 0.577. The molecule has 3 nitrogen and oxygen atoms in total. The first-order valence-corrected chi connectivity index (χ1v) is 8.55. The summed E-state index contributed by atoms with van der Waals surface area (Å²) in [5.74, 6) is 1.95. The van der Waals surface area contributed by atoms with Crippen molar-refractivity contribution >= 4 is 17.7 Å². The number of halogens is 1. The summed E-state index contributed by atoms with van der Waals surface area (Å²) in [5.41, 5.74) is 1.64. The summed E-state index contributed by atoms with van der Waals surface area (Å²) in [7, 11) is 1.61. The molecule has 23 heavy (non-hydrogen) atoms. The molecular formula is C18H20FNO2S. The van der Waals surface area contributed by atoms with E-state index in [0.717, 1.165) is 17.1 Å². The normalized spacial score (nSPS) is 10.3. The molecule has 2 rings (SSSR count). The molecule has 1 amide bonds. The molecule has 122 valence electrons. The molecule has 5 heteroatoms. The number of rotatable bonds is 8. The lowest BCUT2D eigenvalue weighted by atomic mass is 10.1. The van der Waals surface area contributed by atoms with E-state index in [1.165, 1.54) is 6.07 Å². The Bertz CT molecular complexity index is 631. The lowest BCUT2D eigenvalue weighted by Crippen LogP contribution is -2.27. The summed E-state index contributed by atoms with van der Waals surface area (Å²) < 4.78 is 18.5. The SMILES string of the molecule is COc1ccc(CC(=O)NCCSCc2ccccc2F)cc1. The summed E-state index contributed by atoms with van der Waals surface area (Å²) in [4.78, 5) is 11.8. The van der Waals surface area contributed by atoms with Crippen molar-refractivity contribution in [2.45, 2.75) is 12.2 Å². The van der Waals surface area contributed by atoms with Crippen molar-refractivity contribution in [3.63, 3.8) is 0 Å². The molecule has 0 radical (unpaired) electrons. The smallest absolute Gasteiger partial charge is 0.224 e. The number of benzene rings is 2. The summed E-state index contributed by atoms with van der Waals surface area (Å²) >= 11 is 1.60. The maximum Gasteiger partial charge on any atom is 0.224 e. The molecule has 1 N–H and O–H groups in total. The number of nitrogens with one attached hydrogen (secondary N) is 1. The largest absolute Gasteiger partial charge is 0.497 e. The van der Waals surface area contributed by atoms with Gasteiger partial charge in [-0.25, -0.2) is 4.39 Å². The fourth-order valence-corrected chi connectivity index (χ4v) is 2.90. The summed E-state index contributed by atoms with van der Waals surface area (Å²) in [6, 6.07) is 14.2. The molecule has 0 fully saturated rings. The van der Waals surface area contributed by atoms with Crippen LogP contribution >= 0.6 is 11.8 Å². The second-order valence-corrected chi connectivity index (χ2v) is 6.12. The minimum Gasteiger partial charge on any atom is -0.497 e. The van der Waals surface area contributed by atoms with Crippen molar-refractivity contribution < 1.29 is 13.9 Å². The van der Waals surface area contributed by atoms with Crippen LogP contribution in [0.25, 0.3) is 0 Å². The molecule has 0 aliphatic carbocycles. The van der Waals surface area contributed by atoms with E-state index in [4.69, 9.17) is 4.74 Å². The second-order valence-electron chi connectivity index (χ2n) is 5.02.